The fourth-order valence-electron chi connectivity index (χ4n) is 10.8. The van der Waals surface area contributed by atoms with Crippen LogP contribution in [0.1, 0.15) is 81.6 Å². The molecule has 0 radical (unpaired) electrons. The van der Waals surface area contributed by atoms with Gasteiger partial charge in [0.25, 0.3) is 25.0 Å². The molecule has 9 heteroatoms. The highest BCUT2D eigenvalue weighted by molar-refractivity contribution is 7.00. The Hall–Kier alpha value is -4.27. The van der Waals surface area contributed by atoms with Crippen molar-refractivity contribution < 1.29 is 13.3 Å². The van der Waals surface area contributed by atoms with E-state index in [0.29, 0.717) is 18.3 Å². The second-order valence-electron chi connectivity index (χ2n) is 22.2. The van der Waals surface area contributed by atoms with Crippen molar-refractivity contribution >= 4 is 56.1 Å². The van der Waals surface area contributed by atoms with Crippen molar-refractivity contribution in [3.63, 3.8) is 0 Å². The van der Waals surface area contributed by atoms with Crippen LogP contribution in [0.4, 0.5) is 0 Å². The Morgan fingerprint density at radius 2 is 0.565 bits per heavy atom. The van der Waals surface area contributed by atoms with Crippen molar-refractivity contribution in [2.75, 3.05) is 39.3 Å². The van der Waals surface area contributed by atoms with E-state index in [9.17, 15) is 0 Å². The third kappa shape index (κ3) is 11.9. The van der Waals surface area contributed by atoms with E-state index < -0.39 is 25.0 Å². The summed E-state index contributed by atoms with van der Waals surface area (Å²) in [5.41, 5.74) is 0. The van der Waals surface area contributed by atoms with Crippen LogP contribution in [0.25, 0.3) is 0 Å². The molecule has 3 N–H and O–H groups in total. The molecule has 6 nitrogen and oxygen atoms in total. The van der Waals surface area contributed by atoms with Crippen LogP contribution < -0.4 is 47.1 Å². The maximum absolute atomic E-state index is 7.09. The normalized spacial score (nSPS) is 18.2. The van der Waals surface area contributed by atoms with Crippen LogP contribution in [0.2, 0.25) is 15.1 Å². The van der Waals surface area contributed by atoms with Crippen LogP contribution >= 0.6 is 0 Å². The molecule has 3 heterocycles. The van der Waals surface area contributed by atoms with Crippen LogP contribution in [0, 0.1) is 0 Å². The largest absolute Gasteiger partial charge is 0.403 e. The zero-order valence-electron chi connectivity index (χ0n) is 43.1. The molecule has 2 atom stereocenters. The molecule has 6 aromatic rings. The highest BCUT2D eigenvalue weighted by atomic mass is 28.4. The number of hydrogen-bond acceptors (Lipinski definition) is 6. The first kappa shape index (κ1) is 52.6. The summed E-state index contributed by atoms with van der Waals surface area (Å²) >= 11 is 0. The van der Waals surface area contributed by atoms with Crippen LogP contribution in [0.3, 0.4) is 0 Å². The summed E-state index contributed by atoms with van der Waals surface area (Å²) in [5.74, 6) is 0. The molecule has 3 aliphatic rings. The lowest BCUT2D eigenvalue weighted by atomic mass is 10.1. The van der Waals surface area contributed by atoms with Crippen molar-refractivity contribution in [1.29, 1.82) is 0 Å². The van der Waals surface area contributed by atoms with E-state index in [1.54, 1.807) is 0 Å². The first-order chi connectivity index (χ1) is 33.1. The van der Waals surface area contributed by atoms with Crippen molar-refractivity contribution in [3.8, 4) is 0 Å². The lowest BCUT2D eigenvalue weighted by molar-refractivity contribution is 0.131. The molecule has 0 bridgehead atoms. The van der Waals surface area contributed by atoms with E-state index in [-0.39, 0.29) is 15.1 Å². The predicted molar refractivity (Wildman–Crippen MR) is 300 cm³/mol. The Balaban J connectivity index is 0.000000153. The smallest absolute Gasteiger partial charge is 0.261 e. The summed E-state index contributed by atoms with van der Waals surface area (Å²) in [7, 11) is -7.05. The Kier molecular flexibility index (Phi) is 17.8. The van der Waals surface area contributed by atoms with Gasteiger partial charge in [0.05, 0.1) is 18.3 Å². The van der Waals surface area contributed by atoms with Gasteiger partial charge in [-0.1, -0.05) is 244 Å². The monoisotopic (exact) mass is 976 g/mol. The molecule has 6 aromatic carbocycles. The number of hydrogen-bond donors (Lipinski definition) is 3. The Labute approximate surface area is 419 Å². The summed E-state index contributed by atoms with van der Waals surface area (Å²) in [6.07, 6.45) is 4.38. The second kappa shape index (κ2) is 23.3. The Morgan fingerprint density at radius 1 is 0.319 bits per heavy atom. The molecule has 0 saturated carbocycles. The van der Waals surface area contributed by atoms with E-state index in [0.717, 1.165) is 52.1 Å². The first-order valence-electron chi connectivity index (χ1n) is 25.6. The topological polar surface area (TPSA) is 63.8 Å². The van der Waals surface area contributed by atoms with Gasteiger partial charge in [-0.25, -0.2) is 0 Å². The lowest BCUT2D eigenvalue weighted by Crippen LogP contribution is -2.70. The lowest BCUT2D eigenvalue weighted by Gasteiger charge is -2.47. The average molecular weight is 977 g/mol. The fourth-order valence-corrected chi connectivity index (χ4v) is 24.9. The third-order valence-electron chi connectivity index (χ3n) is 14.3. The van der Waals surface area contributed by atoms with Crippen molar-refractivity contribution in [2.24, 2.45) is 0 Å². The fraction of sp³-hybridized carbons (Fsp3) is 0.400. The van der Waals surface area contributed by atoms with Gasteiger partial charge in [-0.2, -0.15) is 0 Å². The quantitative estimate of drug-likeness (QED) is 0.107. The molecule has 3 fully saturated rings. The third-order valence-corrected chi connectivity index (χ3v) is 29.6. The minimum atomic E-state index is -2.38. The van der Waals surface area contributed by atoms with Crippen LogP contribution in [-0.4, -0.2) is 82.5 Å². The van der Waals surface area contributed by atoms with Gasteiger partial charge in [0.1, 0.15) is 0 Å². The number of nitrogens with one attached hydrogen (secondary N) is 3. The van der Waals surface area contributed by atoms with Crippen molar-refractivity contribution in [2.45, 2.75) is 115 Å². The second-order valence-corrected chi connectivity index (χ2v) is 35.0. The SMILES string of the molecule is CC(C)(C)[Si](OC1CCCNC1)(c1ccccc1)c1ccccc1.CC(C)(C)[Si](OC1CNC1)(c1ccccc1)c1ccccc1.CC(C)(C)[Si](O[C@@H]1CCNC1)(c1ccccc1)c1ccccc1. The van der Waals surface area contributed by atoms with E-state index in [4.69, 9.17) is 13.3 Å². The molecule has 3 aliphatic heterocycles. The molecular formula is C60H81N3O3Si3. The number of rotatable bonds is 12. The molecule has 3 saturated heterocycles. The minimum absolute atomic E-state index is 0.0627. The van der Waals surface area contributed by atoms with Gasteiger partial charge in [-0.3, -0.25) is 0 Å². The maximum atomic E-state index is 7.09. The molecule has 0 spiro atoms. The molecule has 0 amide bonds. The van der Waals surface area contributed by atoms with Gasteiger partial charge >= 0.3 is 0 Å². The molecule has 0 aliphatic carbocycles. The Morgan fingerprint density at radius 3 is 0.783 bits per heavy atom. The van der Waals surface area contributed by atoms with E-state index >= 15 is 0 Å². The highest BCUT2D eigenvalue weighted by Crippen LogP contribution is 2.40. The summed E-state index contributed by atoms with van der Waals surface area (Å²) in [4.78, 5) is 0. The zero-order valence-corrected chi connectivity index (χ0v) is 46.1. The van der Waals surface area contributed by atoms with E-state index in [2.05, 4.69) is 260 Å². The summed E-state index contributed by atoms with van der Waals surface area (Å²) < 4.78 is 21.0. The summed E-state index contributed by atoms with van der Waals surface area (Å²) in [6.45, 7) is 27.0. The van der Waals surface area contributed by atoms with Gasteiger partial charge in [0, 0.05) is 26.2 Å². The summed E-state index contributed by atoms with van der Waals surface area (Å²) in [5, 5.41) is 18.7. The van der Waals surface area contributed by atoms with Gasteiger partial charge in [0.2, 0.25) is 0 Å². The molecule has 0 aromatic heterocycles. The summed E-state index contributed by atoms with van der Waals surface area (Å²) in [6, 6.07) is 65.3. The van der Waals surface area contributed by atoms with Crippen molar-refractivity contribution in [1.82, 2.24) is 16.0 Å². The van der Waals surface area contributed by atoms with E-state index in [1.165, 1.54) is 37.5 Å². The molecule has 366 valence electrons. The average Bonchev–Trinajstić information content (AvgIpc) is 3.87. The zero-order chi connectivity index (χ0) is 49.0. The maximum Gasteiger partial charge on any atom is 0.261 e. The van der Waals surface area contributed by atoms with Gasteiger partial charge in [-0.05, 0) is 78.6 Å². The van der Waals surface area contributed by atoms with Gasteiger partial charge in [0.15, 0.2) is 0 Å². The minimum Gasteiger partial charge on any atom is -0.403 e. The molecule has 69 heavy (non-hydrogen) atoms. The van der Waals surface area contributed by atoms with E-state index in [1.807, 2.05) is 0 Å². The van der Waals surface area contributed by atoms with Crippen LogP contribution in [0.5, 0.6) is 0 Å². The Bertz CT molecular complexity index is 2280. The number of benzene rings is 6. The predicted octanol–water partition coefficient (Wildman–Crippen LogP) is 8.77. The molecule has 1 unspecified atom stereocenters. The highest BCUT2D eigenvalue weighted by Gasteiger charge is 2.54. The van der Waals surface area contributed by atoms with Crippen LogP contribution in [0.15, 0.2) is 182 Å². The van der Waals surface area contributed by atoms with Gasteiger partial charge in [-0.15, -0.1) is 0 Å². The standard InChI is InChI=1S/C21H29NOSi.C20H27NOSi.C19H25NOSi/c1-21(2,3)24(19-12-6-4-7-13-19,20-14-8-5-9-15-20)23-18-11-10-16-22-17-18;1-20(2,3)23(18-10-6-4-7-11-18,19-12-8-5-9-13-19)22-17-14-15-21-16-17;1-19(2,3)22(21-16-14-20-15-16,17-10-6-4-7-11-17)18-12-8-5-9-13-18/h4-9,12-15,18,22H,10-11,16-17H2,1-3H3;4-13,17,21H,14-16H2,1-3H3;4-13,16,20H,14-15H2,1-3H3/t;17-;/m.1./s1. The number of piperidine rings is 1. The molecular weight excluding hydrogens is 895 g/mol. The molecule has 9 rings (SSSR count). The van der Waals surface area contributed by atoms with Crippen molar-refractivity contribution in [3.05, 3.63) is 182 Å². The van der Waals surface area contributed by atoms with Crippen LogP contribution in [-0.2, 0) is 13.3 Å². The first-order valence-corrected chi connectivity index (χ1v) is 31.3. The van der Waals surface area contributed by atoms with Gasteiger partial charge < -0.3 is 29.2 Å².